The molecule has 0 aromatic heterocycles. The number of benzene rings is 1. The van der Waals surface area contributed by atoms with Crippen LogP contribution in [0.4, 0.5) is 0 Å². The Morgan fingerprint density at radius 1 is 1.27 bits per heavy atom. The number of hydrogen-bond donors (Lipinski definition) is 0. The van der Waals surface area contributed by atoms with Crippen LogP contribution in [-0.4, -0.2) is 10.9 Å². The van der Waals surface area contributed by atoms with Gasteiger partial charge < -0.3 is 0 Å². The zero-order chi connectivity index (χ0) is 10.7. The minimum atomic E-state index is -0.352. The van der Waals surface area contributed by atoms with Crippen molar-refractivity contribution in [3.05, 3.63) is 30.3 Å². The first-order valence-electron chi connectivity index (χ1n) is 5.07. The Morgan fingerprint density at radius 3 is 2.60 bits per heavy atom. The van der Waals surface area contributed by atoms with Crippen molar-refractivity contribution >= 4 is 22.7 Å². The van der Waals surface area contributed by atoms with Crippen molar-refractivity contribution in [3.63, 3.8) is 0 Å². The van der Waals surface area contributed by atoms with Gasteiger partial charge in [0.2, 0.25) is 5.12 Å². The molecule has 1 atom stereocenters. The molecule has 1 aromatic rings. The van der Waals surface area contributed by atoms with Gasteiger partial charge in [0.25, 0.3) is 0 Å². The van der Waals surface area contributed by atoms with Gasteiger partial charge in [0.1, 0.15) is 5.78 Å². The summed E-state index contributed by atoms with van der Waals surface area (Å²) in [6.07, 6.45) is 2.17. The van der Waals surface area contributed by atoms with Gasteiger partial charge in [0.05, 0.1) is 5.92 Å². The Bertz CT molecular complexity index is 372. The largest absolute Gasteiger partial charge is 0.299 e. The normalized spacial score (nSPS) is 20.5. The summed E-state index contributed by atoms with van der Waals surface area (Å²) in [4.78, 5) is 24.1. The van der Waals surface area contributed by atoms with Crippen LogP contribution in [0, 0.1) is 5.92 Å². The minimum absolute atomic E-state index is 0.00343. The molecule has 1 aliphatic carbocycles. The van der Waals surface area contributed by atoms with E-state index in [-0.39, 0.29) is 16.8 Å². The predicted octanol–water partition coefficient (Wildman–Crippen LogP) is 2.67. The Kier molecular flexibility index (Phi) is 3.21. The van der Waals surface area contributed by atoms with Crippen molar-refractivity contribution in [1.82, 2.24) is 0 Å². The van der Waals surface area contributed by atoms with Crippen LogP contribution in [0.3, 0.4) is 0 Å². The molecular formula is C12H12O2S. The van der Waals surface area contributed by atoms with Gasteiger partial charge in [-0.25, -0.2) is 0 Å². The summed E-state index contributed by atoms with van der Waals surface area (Å²) in [5.41, 5.74) is 0. The van der Waals surface area contributed by atoms with E-state index in [0.29, 0.717) is 6.42 Å². The molecule has 2 nitrogen and oxygen atoms in total. The third-order valence-electron chi connectivity index (χ3n) is 2.55. The van der Waals surface area contributed by atoms with Gasteiger partial charge in [0, 0.05) is 11.3 Å². The second-order valence-corrected chi connectivity index (χ2v) is 4.72. The highest BCUT2D eigenvalue weighted by Gasteiger charge is 2.31. The van der Waals surface area contributed by atoms with Gasteiger partial charge in [-0.1, -0.05) is 30.0 Å². The maximum atomic E-state index is 11.8. The number of thioether (sulfide) groups is 1. The van der Waals surface area contributed by atoms with Gasteiger partial charge in [0.15, 0.2) is 0 Å². The maximum Gasteiger partial charge on any atom is 0.204 e. The van der Waals surface area contributed by atoms with Gasteiger partial charge in [-0.2, -0.15) is 0 Å². The van der Waals surface area contributed by atoms with Gasteiger partial charge >= 0.3 is 0 Å². The fourth-order valence-electron chi connectivity index (χ4n) is 1.74. The van der Waals surface area contributed by atoms with E-state index < -0.39 is 0 Å². The molecule has 2 rings (SSSR count). The van der Waals surface area contributed by atoms with Crippen molar-refractivity contribution in [2.75, 3.05) is 0 Å². The van der Waals surface area contributed by atoms with Crippen LogP contribution < -0.4 is 0 Å². The second kappa shape index (κ2) is 4.62. The van der Waals surface area contributed by atoms with Crippen LogP contribution in [0.2, 0.25) is 0 Å². The van der Waals surface area contributed by atoms with Gasteiger partial charge in [-0.3, -0.25) is 9.59 Å². The number of hydrogen-bond acceptors (Lipinski definition) is 3. The maximum absolute atomic E-state index is 11.8. The number of carbonyl (C=O) groups excluding carboxylic acids is 2. The van der Waals surface area contributed by atoms with Crippen LogP contribution in [-0.2, 0) is 9.59 Å². The highest BCUT2D eigenvalue weighted by molar-refractivity contribution is 8.13. The van der Waals surface area contributed by atoms with E-state index in [0.717, 1.165) is 17.7 Å². The van der Waals surface area contributed by atoms with Crippen molar-refractivity contribution in [2.24, 2.45) is 5.92 Å². The molecular weight excluding hydrogens is 208 g/mol. The molecule has 0 spiro atoms. The summed E-state index contributed by atoms with van der Waals surface area (Å²) < 4.78 is 0. The molecule has 0 N–H and O–H groups in total. The smallest absolute Gasteiger partial charge is 0.204 e. The van der Waals surface area contributed by atoms with Gasteiger partial charge in [-0.05, 0) is 25.0 Å². The molecule has 1 fully saturated rings. The quantitative estimate of drug-likeness (QED) is 0.567. The molecule has 0 amide bonds. The summed E-state index contributed by atoms with van der Waals surface area (Å²) in [7, 11) is 0. The van der Waals surface area contributed by atoms with Crippen molar-refractivity contribution < 1.29 is 9.59 Å². The molecule has 0 radical (unpaired) electrons. The number of rotatable bonds is 2. The molecule has 0 aliphatic heterocycles. The fourth-order valence-corrected chi connectivity index (χ4v) is 2.66. The van der Waals surface area contributed by atoms with Crippen molar-refractivity contribution in [3.8, 4) is 0 Å². The molecule has 0 saturated heterocycles. The molecule has 0 heterocycles. The van der Waals surface area contributed by atoms with Crippen molar-refractivity contribution in [1.29, 1.82) is 0 Å². The Balaban J connectivity index is 2.01. The lowest BCUT2D eigenvalue weighted by Gasteiger charge is -2.05. The van der Waals surface area contributed by atoms with Gasteiger partial charge in [-0.15, -0.1) is 0 Å². The van der Waals surface area contributed by atoms with Crippen LogP contribution >= 0.6 is 11.8 Å². The lowest BCUT2D eigenvalue weighted by molar-refractivity contribution is -0.126. The fraction of sp³-hybridized carbons (Fsp3) is 0.333. The molecule has 78 valence electrons. The van der Waals surface area contributed by atoms with E-state index in [2.05, 4.69) is 0 Å². The average Bonchev–Trinajstić information content (AvgIpc) is 2.66. The van der Waals surface area contributed by atoms with Crippen molar-refractivity contribution in [2.45, 2.75) is 24.2 Å². The molecule has 15 heavy (non-hydrogen) atoms. The summed E-state index contributed by atoms with van der Waals surface area (Å²) in [5.74, 6) is -0.237. The minimum Gasteiger partial charge on any atom is -0.299 e. The van der Waals surface area contributed by atoms with Crippen LogP contribution in [0.15, 0.2) is 35.2 Å². The first kappa shape index (κ1) is 10.4. The molecule has 1 aromatic carbocycles. The summed E-state index contributed by atoms with van der Waals surface area (Å²) >= 11 is 1.18. The zero-order valence-corrected chi connectivity index (χ0v) is 9.13. The van der Waals surface area contributed by atoms with E-state index in [1.165, 1.54) is 11.8 Å². The Labute approximate surface area is 93.1 Å². The molecule has 1 saturated carbocycles. The monoisotopic (exact) mass is 220 g/mol. The Hall–Kier alpha value is -1.09. The zero-order valence-electron chi connectivity index (χ0n) is 8.31. The predicted molar refractivity (Wildman–Crippen MR) is 59.7 cm³/mol. The molecule has 3 heteroatoms. The molecule has 1 unspecified atom stereocenters. The van der Waals surface area contributed by atoms with E-state index in [9.17, 15) is 9.59 Å². The van der Waals surface area contributed by atoms with E-state index >= 15 is 0 Å². The third-order valence-corrected chi connectivity index (χ3v) is 3.54. The van der Waals surface area contributed by atoms with E-state index in [4.69, 9.17) is 0 Å². The summed E-state index contributed by atoms with van der Waals surface area (Å²) in [6.45, 7) is 0. The standard InChI is InChI=1S/C12H12O2S/c13-11-8-4-7-10(11)12(14)15-9-5-2-1-3-6-9/h1-3,5-6,10H,4,7-8H2. The molecule has 1 aliphatic rings. The lowest BCUT2D eigenvalue weighted by atomic mass is 10.1. The topological polar surface area (TPSA) is 34.1 Å². The average molecular weight is 220 g/mol. The second-order valence-electron chi connectivity index (χ2n) is 3.65. The lowest BCUT2D eigenvalue weighted by Crippen LogP contribution is -2.15. The Morgan fingerprint density at radius 2 is 2.00 bits per heavy atom. The van der Waals surface area contributed by atoms with E-state index in [1.54, 1.807) is 0 Å². The number of ketones is 1. The third kappa shape index (κ3) is 2.48. The van der Waals surface area contributed by atoms with Crippen LogP contribution in [0.5, 0.6) is 0 Å². The number of carbonyl (C=O) groups is 2. The highest BCUT2D eigenvalue weighted by Crippen LogP contribution is 2.29. The summed E-state index contributed by atoms with van der Waals surface area (Å²) in [5, 5.41) is 0.00343. The van der Waals surface area contributed by atoms with Crippen LogP contribution in [0.1, 0.15) is 19.3 Å². The number of Topliss-reactive ketones (excluding diaryl/α,β-unsaturated/α-hetero) is 1. The van der Waals surface area contributed by atoms with Crippen LogP contribution in [0.25, 0.3) is 0 Å². The first-order chi connectivity index (χ1) is 7.27. The first-order valence-corrected chi connectivity index (χ1v) is 5.88. The summed E-state index contributed by atoms with van der Waals surface area (Å²) in [6, 6.07) is 9.48. The molecule has 0 bridgehead atoms. The van der Waals surface area contributed by atoms with E-state index in [1.807, 2.05) is 30.3 Å². The highest BCUT2D eigenvalue weighted by atomic mass is 32.2. The SMILES string of the molecule is O=C1CCCC1C(=O)Sc1ccccc1.